The zero-order valence-electron chi connectivity index (χ0n) is 14.2. The van der Waals surface area contributed by atoms with Crippen LogP contribution in [0.5, 0.6) is 0 Å². The molecule has 23 heavy (non-hydrogen) atoms. The number of fused-ring (bicyclic) bond motifs is 3. The molecule has 0 amide bonds. The van der Waals surface area contributed by atoms with Gasteiger partial charge in [-0.05, 0) is 41.7 Å². The van der Waals surface area contributed by atoms with E-state index >= 15 is 0 Å². The third-order valence-electron chi connectivity index (χ3n) is 5.83. The fourth-order valence-electron chi connectivity index (χ4n) is 4.56. The maximum atomic E-state index is 5.48. The normalized spacial score (nSPS) is 31.7. The highest BCUT2D eigenvalue weighted by Gasteiger charge is 2.54. The first-order chi connectivity index (χ1) is 11.3. The van der Waals surface area contributed by atoms with Gasteiger partial charge in [0.25, 0.3) is 0 Å². The molecule has 1 aromatic rings. The topological polar surface area (TPSA) is 36.9 Å². The molecule has 4 nitrogen and oxygen atoms in total. The Labute approximate surface area is 138 Å². The van der Waals surface area contributed by atoms with Crippen LogP contribution in [0.4, 0.5) is 0 Å². The molecule has 4 rings (SSSR count). The fourth-order valence-corrected chi connectivity index (χ4v) is 4.56. The summed E-state index contributed by atoms with van der Waals surface area (Å²) in [5.74, 6) is 4.09. The van der Waals surface area contributed by atoms with Crippen LogP contribution >= 0.6 is 0 Å². The molecule has 4 atom stereocenters. The quantitative estimate of drug-likeness (QED) is 0.683. The van der Waals surface area contributed by atoms with Crippen LogP contribution in [0.1, 0.15) is 23.5 Å². The molecule has 1 aliphatic heterocycles. The SMILES string of the molecule is CN=C(NCC1C2Cc3ccccc3C12)N(C)CC1CCOC1. The van der Waals surface area contributed by atoms with Gasteiger partial charge in [0.05, 0.1) is 6.61 Å². The van der Waals surface area contributed by atoms with Gasteiger partial charge >= 0.3 is 0 Å². The Bertz CT molecular complexity index is 594. The third-order valence-corrected chi connectivity index (χ3v) is 5.83. The Balaban J connectivity index is 1.29. The summed E-state index contributed by atoms with van der Waals surface area (Å²) < 4.78 is 5.48. The average molecular weight is 313 g/mol. The van der Waals surface area contributed by atoms with E-state index in [0.29, 0.717) is 5.92 Å². The van der Waals surface area contributed by atoms with Gasteiger partial charge in [-0.3, -0.25) is 4.99 Å². The smallest absolute Gasteiger partial charge is 0.193 e. The summed E-state index contributed by atoms with van der Waals surface area (Å²) >= 11 is 0. The predicted octanol–water partition coefficient (Wildman–Crippen LogP) is 2.12. The fraction of sp³-hybridized carbons (Fsp3) is 0.632. The number of guanidine groups is 1. The summed E-state index contributed by atoms with van der Waals surface area (Å²) in [4.78, 5) is 6.71. The van der Waals surface area contributed by atoms with Crippen LogP contribution in [0.25, 0.3) is 0 Å². The van der Waals surface area contributed by atoms with Gasteiger partial charge in [0, 0.05) is 39.7 Å². The second-order valence-corrected chi connectivity index (χ2v) is 7.29. The molecule has 0 aromatic heterocycles. The highest BCUT2D eigenvalue weighted by molar-refractivity contribution is 5.79. The number of benzene rings is 1. The summed E-state index contributed by atoms with van der Waals surface area (Å²) in [7, 11) is 4.02. The van der Waals surface area contributed by atoms with Gasteiger partial charge in [-0.1, -0.05) is 24.3 Å². The van der Waals surface area contributed by atoms with Crippen molar-refractivity contribution in [1.29, 1.82) is 0 Å². The van der Waals surface area contributed by atoms with Gasteiger partial charge in [0.1, 0.15) is 0 Å². The Kier molecular flexibility index (Phi) is 4.02. The van der Waals surface area contributed by atoms with Crippen LogP contribution in [0, 0.1) is 17.8 Å². The Hall–Kier alpha value is -1.55. The molecule has 124 valence electrons. The van der Waals surface area contributed by atoms with Crippen LogP contribution in [-0.4, -0.2) is 51.3 Å². The molecule has 4 heteroatoms. The van der Waals surface area contributed by atoms with Gasteiger partial charge < -0.3 is 15.0 Å². The highest BCUT2D eigenvalue weighted by Crippen LogP contribution is 2.60. The molecule has 2 aliphatic carbocycles. The minimum atomic E-state index is 0.644. The van der Waals surface area contributed by atoms with Gasteiger partial charge in [0.15, 0.2) is 5.96 Å². The first-order valence-corrected chi connectivity index (χ1v) is 8.85. The van der Waals surface area contributed by atoms with Crippen LogP contribution in [0.2, 0.25) is 0 Å². The summed E-state index contributed by atoms with van der Waals surface area (Å²) in [5.41, 5.74) is 3.16. The van der Waals surface area contributed by atoms with E-state index in [9.17, 15) is 0 Å². The lowest BCUT2D eigenvalue weighted by molar-refractivity contribution is 0.181. The van der Waals surface area contributed by atoms with E-state index in [0.717, 1.165) is 50.0 Å². The second-order valence-electron chi connectivity index (χ2n) is 7.29. The van der Waals surface area contributed by atoms with Gasteiger partial charge in [-0.25, -0.2) is 0 Å². The largest absolute Gasteiger partial charge is 0.381 e. The van der Waals surface area contributed by atoms with Crippen molar-refractivity contribution in [2.45, 2.75) is 18.8 Å². The molecule has 1 aromatic carbocycles. The molecule has 1 saturated carbocycles. The minimum Gasteiger partial charge on any atom is -0.381 e. The first kappa shape index (κ1) is 15.0. The lowest BCUT2D eigenvalue weighted by Gasteiger charge is -2.24. The molecule has 0 radical (unpaired) electrons. The number of hydrogen-bond acceptors (Lipinski definition) is 2. The Morgan fingerprint density at radius 3 is 3.04 bits per heavy atom. The number of rotatable bonds is 4. The molecule has 1 heterocycles. The van der Waals surface area contributed by atoms with E-state index in [1.807, 2.05) is 7.05 Å². The standard InChI is InChI=1S/C19H27N3O/c1-20-19(22(2)11-13-7-8-23-12-13)21-10-17-16-9-14-5-3-4-6-15(14)18(16)17/h3-6,13,16-18H,7-12H2,1-2H3,(H,20,21). The summed E-state index contributed by atoms with van der Waals surface area (Å²) in [6, 6.07) is 8.96. The number of nitrogens with zero attached hydrogens (tertiary/aromatic N) is 2. The monoisotopic (exact) mass is 313 g/mol. The summed E-state index contributed by atoms with van der Waals surface area (Å²) in [6.45, 7) is 3.88. The molecule has 0 spiro atoms. The average Bonchev–Trinajstić information content (AvgIpc) is 2.94. The predicted molar refractivity (Wildman–Crippen MR) is 92.8 cm³/mol. The summed E-state index contributed by atoms with van der Waals surface area (Å²) in [6.07, 6.45) is 2.44. The second kappa shape index (κ2) is 6.16. The molecule has 4 unspecified atom stereocenters. The lowest BCUT2D eigenvalue weighted by Crippen LogP contribution is -2.42. The molecule has 0 bridgehead atoms. The minimum absolute atomic E-state index is 0.644. The van der Waals surface area contributed by atoms with E-state index in [1.54, 1.807) is 11.1 Å². The number of nitrogens with one attached hydrogen (secondary N) is 1. The van der Waals surface area contributed by atoms with E-state index in [-0.39, 0.29) is 0 Å². The maximum Gasteiger partial charge on any atom is 0.193 e. The van der Waals surface area contributed by atoms with Crippen molar-refractivity contribution in [3.63, 3.8) is 0 Å². The van der Waals surface area contributed by atoms with Crippen molar-refractivity contribution in [1.82, 2.24) is 10.2 Å². The van der Waals surface area contributed by atoms with Gasteiger partial charge in [0.2, 0.25) is 0 Å². The van der Waals surface area contributed by atoms with Crippen LogP contribution in [-0.2, 0) is 11.2 Å². The molecular formula is C19H27N3O. The van der Waals surface area contributed by atoms with Crippen molar-refractivity contribution >= 4 is 5.96 Å². The Morgan fingerprint density at radius 1 is 1.39 bits per heavy atom. The molecular weight excluding hydrogens is 286 g/mol. The summed E-state index contributed by atoms with van der Waals surface area (Å²) in [5, 5.41) is 3.60. The number of ether oxygens (including phenoxy) is 1. The van der Waals surface area contributed by atoms with Crippen molar-refractivity contribution in [3.8, 4) is 0 Å². The maximum absolute atomic E-state index is 5.48. The molecule has 2 fully saturated rings. The first-order valence-electron chi connectivity index (χ1n) is 8.85. The Morgan fingerprint density at radius 2 is 2.26 bits per heavy atom. The van der Waals surface area contributed by atoms with Crippen LogP contribution in [0.3, 0.4) is 0 Å². The zero-order valence-corrected chi connectivity index (χ0v) is 14.2. The van der Waals surface area contributed by atoms with Gasteiger partial charge in [-0.2, -0.15) is 0 Å². The van der Waals surface area contributed by atoms with E-state index < -0.39 is 0 Å². The number of aliphatic imine (C=N–C) groups is 1. The molecule has 3 aliphatic rings. The van der Waals surface area contributed by atoms with E-state index in [2.05, 4.69) is 46.5 Å². The lowest BCUT2D eigenvalue weighted by atomic mass is 10.0. The van der Waals surface area contributed by atoms with Crippen molar-refractivity contribution < 1.29 is 4.74 Å². The van der Waals surface area contributed by atoms with Gasteiger partial charge in [-0.15, -0.1) is 0 Å². The number of hydrogen-bond donors (Lipinski definition) is 1. The van der Waals surface area contributed by atoms with E-state index in [1.165, 1.54) is 12.8 Å². The van der Waals surface area contributed by atoms with Crippen LogP contribution in [0.15, 0.2) is 29.3 Å². The van der Waals surface area contributed by atoms with Crippen molar-refractivity contribution in [3.05, 3.63) is 35.4 Å². The highest BCUT2D eigenvalue weighted by atomic mass is 16.5. The van der Waals surface area contributed by atoms with E-state index in [4.69, 9.17) is 4.74 Å². The molecule has 1 saturated heterocycles. The zero-order chi connectivity index (χ0) is 15.8. The van der Waals surface area contributed by atoms with Crippen molar-refractivity contribution in [2.24, 2.45) is 22.7 Å². The van der Waals surface area contributed by atoms with Crippen molar-refractivity contribution in [2.75, 3.05) is 40.4 Å². The van der Waals surface area contributed by atoms with Crippen LogP contribution < -0.4 is 5.32 Å². The molecule has 1 N–H and O–H groups in total. The third kappa shape index (κ3) is 2.85.